The molecule has 0 radical (unpaired) electrons. The molecule has 0 aliphatic carbocycles. The highest BCUT2D eigenvalue weighted by atomic mass is 16.6. The fourth-order valence-electron chi connectivity index (χ4n) is 3.30. The summed E-state index contributed by atoms with van der Waals surface area (Å²) in [5.74, 6) is 0.371. The summed E-state index contributed by atoms with van der Waals surface area (Å²) in [7, 11) is 3.08. The molecular weight excluding hydrogens is 408 g/mol. The summed E-state index contributed by atoms with van der Waals surface area (Å²) < 4.78 is 18.2. The van der Waals surface area contributed by atoms with Crippen molar-refractivity contribution < 1.29 is 23.8 Å². The number of rotatable bonds is 7. The molecule has 0 fully saturated rings. The maximum absolute atomic E-state index is 12.2. The van der Waals surface area contributed by atoms with Gasteiger partial charge in [-0.25, -0.2) is 9.59 Å². The van der Waals surface area contributed by atoms with Gasteiger partial charge in [-0.3, -0.25) is 0 Å². The molecule has 0 saturated carbocycles. The van der Waals surface area contributed by atoms with Crippen molar-refractivity contribution in [2.75, 3.05) is 20.8 Å². The van der Waals surface area contributed by atoms with Crippen LogP contribution < -0.4 is 4.74 Å². The smallest absolute Gasteiger partial charge is 0.410 e. The number of methoxy groups -OCH3 is 1. The van der Waals surface area contributed by atoms with Gasteiger partial charge in [-0.1, -0.05) is 18.2 Å². The molecule has 3 rings (SSSR count). The van der Waals surface area contributed by atoms with Crippen molar-refractivity contribution in [3.05, 3.63) is 65.9 Å². The molecule has 0 atom stereocenters. The summed E-state index contributed by atoms with van der Waals surface area (Å²) in [6.45, 7) is 7.03. The van der Waals surface area contributed by atoms with Crippen LogP contribution in [0.25, 0.3) is 10.9 Å². The van der Waals surface area contributed by atoms with Crippen LogP contribution in [0.3, 0.4) is 0 Å². The summed E-state index contributed by atoms with van der Waals surface area (Å²) in [5.41, 5.74) is 1.88. The molecule has 0 aliphatic heterocycles. The predicted octanol–water partition coefficient (Wildman–Crippen LogP) is 4.87. The van der Waals surface area contributed by atoms with E-state index in [-0.39, 0.29) is 12.1 Å². The third kappa shape index (κ3) is 6.03. The fraction of sp³-hybridized carbons (Fsp3) is 0.360. The average Bonchev–Trinajstić information content (AvgIpc) is 3.14. The molecule has 0 N–H and O–H groups in total. The first-order valence-electron chi connectivity index (χ1n) is 10.5. The molecule has 2 aromatic carbocycles. The van der Waals surface area contributed by atoms with Crippen molar-refractivity contribution >= 4 is 23.0 Å². The molecule has 0 saturated heterocycles. The quantitative estimate of drug-likeness (QED) is 0.492. The Bertz CT molecular complexity index is 1100. The minimum atomic E-state index is -0.531. The predicted molar refractivity (Wildman–Crippen MR) is 123 cm³/mol. The normalized spacial score (nSPS) is 11.3. The molecular formula is C25H30N2O5. The van der Waals surface area contributed by atoms with Gasteiger partial charge in [0.05, 0.1) is 19.2 Å². The van der Waals surface area contributed by atoms with Gasteiger partial charge in [0.1, 0.15) is 18.0 Å². The summed E-state index contributed by atoms with van der Waals surface area (Å²) in [6, 6.07) is 15.2. The molecule has 0 aliphatic rings. The van der Waals surface area contributed by atoms with Gasteiger partial charge in [0, 0.05) is 25.3 Å². The lowest BCUT2D eigenvalue weighted by atomic mass is 10.1. The Morgan fingerprint density at radius 3 is 2.56 bits per heavy atom. The number of ether oxygens (including phenoxy) is 3. The van der Waals surface area contributed by atoms with E-state index in [1.165, 1.54) is 12.0 Å². The number of nitrogens with zero attached hydrogens (tertiary/aromatic N) is 2. The molecule has 7 heteroatoms. The van der Waals surface area contributed by atoms with Crippen LogP contribution in [0.4, 0.5) is 4.79 Å². The SMILES string of the molecule is COC(=O)c1ccc2ccn(CCOc3cccc(CN(C)C(=O)OC(C)(C)C)c3)c2c1. The van der Waals surface area contributed by atoms with Gasteiger partial charge in [-0.15, -0.1) is 0 Å². The molecule has 0 unspecified atom stereocenters. The van der Waals surface area contributed by atoms with E-state index in [0.717, 1.165) is 22.2 Å². The molecule has 32 heavy (non-hydrogen) atoms. The minimum absolute atomic E-state index is 0.357. The van der Waals surface area contributed by atoms with Crippen molar-refractivity contribution in [1.29, 1.82) is 0 Å². The van der Waals surface area contributed by atoms with E-state index in [2.05, 4.69) is 0 Å². The maximum atomic E-state index is 12.2. The van der Waals surface area contributed by atoms with E-state index in [1.807, 2.05) is 74.0 Å². The van der Waals surface area contributed by atoms with Gasteiger partial charge in [-0.2, -0.15) is 0 Å². The molecule has 0 bridgehead atoms. The van der Waals surface area contributed by atoms with Crippen molar-refractivity contribution in [3.63, 3.8) is 0 Å². The third-order valence-electron chi connectivity index (χ3n) is 4.82. The molecule has 3 aromatic rings. The molecule has 1 amide bonds. The van der Waals surface area contributed by atoms with Crippen molar-refractivity contribution in [2.45, 2.75) is 39.5 Å². The monoisotopic (exact) mass is 438 g/mol. The van der Waals surface area contributed by atoms with Crippen LogP contribution in [-0.4, -0.2) is 47.9 Å². The van der Waals surface area contributed by atoms with E-state index >= 15 is 0 Å². The lowest BCUT2D eigenvalue weighted by Crippen LogP contribution is -2.33. The standard InChI is InChI=1S/C25H30N2O5/c1-25(2,3)32-24(29)26(4)17-18-7-6-8-21(15-18)31-14-13-27-12-11-19-9-10-20(16-22(19)27)23(28)30-5/h6-12,15-16H,13-14,17H2,1-5H3. The maximum Gasteiger partial charge on any atom is 0.410 e. The Morgan fingerprint density at radius 2 is 1.84 bits per heavy atom. The highest BCUT2D eigenvalue weighted by Crippen LogP contribution is 2.20. The number of esters is 1. The van der Waals surface area contributed by atoms with E-state index in [0.29, 0.717) is 25.3 Å². The molecule has 0 spiro atoms. The zero-order chi connectivity index (χ0) is 23.3. The van der Waals surface area contributed by atoms with Gasteiger partial charge in [0.15, 0.2) is 0 Å². The number of carbonyl (C=O) groups is 2. The number of benzene rings is 2. The van der Waals surface area contributed by atoms with Gasteiger partial charge in [-0.05, 0) is 62.1 Å². The van der Waals surface area contributed by atoms with E-state index in [9.17, 15) is 9.59 Å². The molecule has 1 heterocycles. The number of carbonyl (C=O) groups excluding carboxylic acids is 2. The Kier molecular flexibility index (Phi) is 7.08. The Labute approximate surface area is 188 Å². The summed E-state index contributed by atoms with van der Waals surface area (Å²) in [4.78, 5) is 25.5. The first-order valence-corrected chi connectivity index (χ1v) is 10.5. The summed E-state index contributed by atoms with van der Waals surface area (Å²) >= 11 is 0. The topological polar surface area (TPSA) is 70.0 Å². The number of aromatic nitrogens is 1. The number of amides is 1. The molecule has 7 nitrogen and oxygen atoms in total. The van der Waals surface area contributed by atoms with Gasteiger partial charge >= 0.3 is 12.1 Å². The number of hydrogen-bond acceptors (Lipinski definition) is 5. The van der Waals surface area contributed by atoms with E-state index < -0.39 is 5.60 Å². The second-order valence-corrected chi connectivity index (χ2v) is 8.61. The van der Waals surface area contributed by atoms with Crippen LogP contribution in [0.5, 0.6) is 5.75 Å². The zero-order valence-electron chi connectivity index (χ0n) is 19.3. The highest BCUT2D eigenvalue weighted by Gasteiger charge is 2.19. The van der Waals surface area contributed by atoms with E-state index in [1.54, 1.807) is 13.1 Å². The van der Waals surface area contributed by atoms with E-state index in [4.69, 9.17) is 14.2 Å². The van der Waals surface area contributed by atoms with Crippen LogP contribution in [0.2, 0.25) is 0 Å². The van der Waals surface area contributed by atoms with Gasteiger partial charge in [0.2, 0.25) is 0 Å². The Balaban J connectivity index is 1.60. The van der Waals surface area contributed by atoms with Gasteiger partial charge in [0.25, 0.3) is 0 Å². The average molecular weight is 439 g/mol. The lowest BCUT2D eigenvalue weighted by Gasteiger charge is -2.24. The van der Waals surface area contributed by atoms with Gasteiger partial charge < -0.3 is 23.7 Å². The number of hydrogen-bond donors (Lipinski definition) is 0. The van der Waals surface area contributed by atoms with Crippen LogP contribution in [0.15, 0.2) is 54.7 Å². The second kappa shape index (κ2) is 9.77. The minimum Gasteiger partial charge on any atom is -0.492 e. The van der Waals surface area contributed by atoms with Crippen LogP contribution in [0, 0.1) is 0 Å². The largest absolute Gasteiger partial charge is 0.492 e. The first-order chi connectivity index (χ1) is 15.2. The Morgan fingerprint density at radius 1 is 1.06 bits per heavy atom. The molecule has 1 aromatic heterocycles. The second-order valence-electron chi connectivity index (χ2n) is 8.61. The highest BCUT2D eigenvalue weighted by molar-refractivity contribution is 5.94. The van der Waals surface area contributed by atoms with Crippen LogP contribution in [-0.2, 0) is 22.6 Å². The van der Waals surface area contributed by atoms with Crippen molar-refractivity contribution in [1.82, 2.24) is 9.47 Å². The third-order valence-corrected chi connectivity index (χ3v) is 4.82. The van der Waals surface area contributed by atoms with Crippen molar-refractivity contribution in [2.24, 2.45) is 0 Å². The molecule has 170 valence electrons. The fourth-order valence-corrected chi connectivity index (χ4v) is 3.30. The Hall–Kier alpha value is -3.48. The first kappa shape index (κ1) is 23.2. The van der Waals surface area contributed by atoms with Crippen molar-refractivity contribution in [3.8, 4) is 5.75 Å². The number of fused-ring (bicyclic) bond motifs is 1. The van der Waals surface area contributed by atoms with Crippen LogP contribution >= 0.6 is 0 Å². The lowest BCUT2D eigenvalue weighted by molar-refractivity contribution is 0.0284. The zero-order valence-corrected chi connectivity index (χ0v) is 19.3. The van der Waals surface area contributed by atoms with Crippen LogP contribution in [0.1, 0.15) is 36.7 Å². The summed E-state index contributed by atoms with van der Waals surface area (Å²) in [6.07, 6.45) is 1.61. The summed E-state index contributed by atoms with van der Waals surface area (Å²) in [5, 5.41) is 1.05.